The fraction of sp³-hybridized carbons (Fsp3) is 0.241. The van der Waals surface area contributed by atoms with E-state index in [-0.39, 0.29) is 23.3 Å². The van der Waals surface area contributed by atoms with Crippen molar-refractivity contribution in [3.8, 4) is 0 Å². The van der Waals surface area contributed by atoms with Gasteiger partial charge in [0.25, 0.3) is 5.56 Å². The molecule has 3 aromatic carbocycles. The summed E-state index contributed by atoms with van der Waals surface area (Å²) in [5.41, 5.74) is 2.46. The smallest absolute Gasteiger partial charge is 0.262 e. The minimum atomic E-state index is -0.645. The first kappa shape index (κ1) is 24.0. The topological polar surface area (TPSA) is 81.1 Å². The van der Waals surface area contributed by atoms with Crippen molar-refractivity contribution in [2.75, 3.05) is 5.32 Å². The van der Waals surface area contributed by atoms with Crippen LogP contribution in [-0.2, 0) is 4.79 Å². The summed E-state index contributed by atoms with van der Waals surface area (Å²) in [5.74, 6) is -0.312. The van der Waals surface area contributed by atoms with Crippen LogP contribution in [0.1, 0.15) is 59.8 Å². The van der Waals surface area contributed by atoms with Crippen molar-refractivity contribution in [1.29, 1.82) is 0 Å². The molecule has 1 atom stereocenters. The molecule has 1 unspecified atom stereocenters. The second kappa shape index (κ2) is 10.5. The maximum absolute atomic E-state index is 13.6. The number of hydrogen-bond acceptors (Lipinski definition) is 5. The van der Waals surface area contributed by atoms with Crippen LogP contribution in [-0.4, -0.2) is 21.2 Å². The zero-order chi connectivity index (χ0) is 25.1. The minimum Gasteiger partial charge on any atom is -0.325 e. The number of Topliss-reactive ketones (excluding diaryl/α,β-unsaturated/α-hetero) is 1. The zero-order valence-electron chi connectivity index (χ0n) is 20.0. The van der Waals surface area contributed by atoms with E-state index in [1.54, 1.807) is 28.8 Å². The number of aromatic nitrogens is 2. The number of thioether (sulfide) groups is 1. The van der Waals surface area contributed by atoms with E-state index in [9.17, 15) is 14.4 Å². The Morgan fingerprint density at radius 2 is 1.69 bits per heavy atom. The molecule has 36 heavy (non-hydrogen) atoms. The maximum atomic E-state index is 13.6. The van der Waals surface area contributed by atoms with Crippen LogP contribution in [0.3, 0.4) is 0 Å². The summed E-state index contributed by atoms with van der Waals surface area (Å²) in [4.78, 5) is 43.9. The number of nitrogens with zero attached hydrogens (tertiary/aromatic N) is 2. The van der Waals surface area contributed by atoms with E-state index in [1.807, 2.05) is 54.6 Å². The second-order valence-corrected chi connectivity index (χ2v) is 10.1. The van der Waals surface area contributed by atoms with Gasteiger partial charge in [-0.1, -0.05) is 79.2 Å². The summed E-state index contributed by atoms with van der Waals surface area (Å²) in [7, 11) is 0. The highest BCUT2D eigenvalue weighted by molar-refractivity contribution is 8.00. The van der Waals surface area contributed by atoms with Crippen LogP contribution in [0.4, 0.5) is 5.69 Å². The molecule has 1 N–H and O–H groups in total. The maximum Gasteiger partial charge on any atom is 0.262 e. The number of hydrogen-bond donors (Lipinski definition) is 1. The number of carbonyl (C=O) groups excluding carboxylic acids is 2. The van der Waals surface area contributed by atoms with Gasteiger partial charge in [-0.15, -0.1) is 0 Å². The molecular formula is C29H27N3O3S. The lowest BCUT2D eigenvalue weighted by molar-refractivity contribution is -0.115. The van der Waals surface area contributed by atoms with E-state index in [0.717, 1.165) is 31.2 Å². The zero-order valence-corrected chi connectivity index (χ0v) is 20.8. The lowest BCUT2D eigenvalue weighted by Gasteiger charge is -2.22. The largest absolute Gasteiger partial charge is 0.325 e. The molecule has 0 radical (unpaired) electrons. The van der Waals surface area contributed by atoms with Gasteiger partial charge in [0.2, 0.25) is 5.91 Å². The Labute approximate surface area is 213 Å². The number of ketones is 1. The molecule has 0 spiro atoms. The molecule has 1 heterocycles. The van der Waals surface area contributed by atoms with Crippen molar-refractivity contribution in [3.63, 3.8) is 0 Å². The van der Waals surface area contributed by atoms with E-state index < -0.39 is 5.25 Å². The molecule has 1 aliphatic carbocycles. The molecular weight excluding hydrogens is 470 g/mol. The van der Waals surface area contributed by atoms with Gasteiger partial charge in [-0.3, -0.25) is 19.0 Å². The summed E-state index contributed by atoms with van der Waals surface area (Å²) >= 11 is 1.30. The minimum absolute atomic E-state index is 0.0589. The van der Waals surface area contributed by atoms with Crippen LogP contribution in [0.5, 0.6) is 0 Å². The summed E-state index contributed by atoms with van der Waals surface area (Å²) < 4.78 is 1.81. The predicted molar refractivity (Wildman–Crippen MR) is 144 cm³/mol. The number of anilines is 1. The highest BCUT2D eigenvalue weighted by atomic mass is 32.2. The average molecular weight is 498 g/mol. The number of nitrogens with one attached hydrogen (secondary N) is 1. The van der Waals surface area contributed by atoms with Gasteiger partial charge in [-0.05, 0) is 49.6 Å². The van der Waals surface area contributed by atoms with Crippen molar-refractivity contribution in [1.82, 2.24) is 9.55 Å². The third kappa shape index (κ3) is 4.97. The summed E-state index contributed by atoms with van der Waals surface area (Å²) in [5, 5.41) is 3.47. The van der Waals surface area contributed by atoms with Crippen LogP contribution in [0.15, 0.2) is 88.8 Å². The molecule has 1 amide bonds. The van der Waals surface area contributed by atoms with Crippen LogP contribution in [0.2, 0.25) is 0 Å². The molecule has 1 fully saturated rings. The second-order valence-electron chi connectivity index (χ2n) is 9.06. The van der Waals surface area contributed by atoms with E-state index in [2.05, 4.69) is 5.32 Å². The summed E-state index contributed by atoms with van der Waals surface area (Å²) in [6, 6.07) is 23.9. The Morgan fingerprint density at radius 3 is 2.44 bits per heavy atom. The standard InChI is InChI=1S/C29H27N3O3S/c1-19(33)21-12-9-13-22(18-21)30-27(34)26(20-10-3-2-4-11-20)36-29-31-25-17-8-7-16-24(25)28(35)32(29)23-14-5-6-15-23/h2-4,7-13,16-18,23,26H,5-6,14-15H2,1H3,(H,30,34). The van der Waals surface area contributed by atoms with Crippen LogP contribution < -0.4 is 10.9 Å². The van der Waals surface area contributed by atoms with Gasteiger partial charge in [0.15, 0.2) is 10.9 Å². The Morgan fingerprint density at radius 1 is 0.972 bits per heavy atom. The number of para-hydroxylation sites is 1. The van der Waals surface area contributed by atoms with Crippen molar-refractivity contribution < 1.29 is 9.59 Å². The molecule has 1 aliphatic rings. The fourth-order valence-electron chi connectivity index (χ4n) is 4.72. The molecule has 182 valence electrons. The Balaban J connectivity index is 1.56. The average Bonchev–Trinajstić information content (AvgIpc) is 3.42. The molecule has 4 aromatic rings. The summed E-state index contributed by atoms with van der Waals surface area (Å²) in [6.45, 7) is 1.50. The summed E-state index contributed by atoms with van der Waals surface area (Å²) in [6.07, 6.45) is 3.99. The van der Waals surface area contributed by atoms with Gasteiger partial charge in [-0.2, -0.15) is 0 Å². The van der Waals surface area contributed by atoms with Crippen LogP contribution in [0, 0.1) is 0 Å². The first-order chi connectivity index (χ1) is 17.5. The highest BCUT2D eigenvalue weighted by Gasteiger charge is 2.28. The molecule has 0 aliphatic heterocycles. The van der Waals surface area contributed by atoms with Crippen LogP contribution >= 0.6 is 11.8 Å². The third-order valence-electron chi connectivity index (χ3n) is 6.57. The SMILES string of the molecule is CC(=O)c1cccc(NC(=O)C(Sc2nc3ccccc3c(=O)n2C2CCCC2)c2ccccc2)c1. The van der Waals surface area contributed by atoms with Crippen molar-refractivity contribution >= 4 is 40.0 Å². The molecule has 6 nitrogen and oxygen atoms in total. The van der Waals surface area contributed by atoms with Gasteiger partial charge in [0.05, 0.1) is 10.9 Å². The van der Waals surface area contributed by atoms with E-state index in [1.165, 1.54) is 18.7 Å². The van der Waals surface area contributed by atoms with Crippen molar-refractivity contribution in [2.24, 2.45) is 0 Å². The van der Waals surface area contributed by atoms with Gasteiger partial charge >= 0.3 is 0 Å². The van der Waals surface area contributed by atoms with Crippen molar-refractivity contribution in [2.45, 2.75) is 49.1 Å². The normalized spacial score (nSPS) is 14.6. The lowest BCUT2D eigenvalue weighted by atomic mass is 10.1. The van der Waals surface area contributed by atoms with E-state index >= 15 is 0 Å². The first-order valence-electron chi connectivity index (χ1n) is 12.2. The Kier molecular flexibility index (Phi) is 7.00. The lowest BCUT2D eigenvalue weighted by Crippen LogP contribution is -2.27. The predicted octanol–water partition coefficient (Wildman–Crippen LogP) is 6.19. The molecule has 0 saturated heterocycles. The van der Waals surface area contributed by atoms with Crippen molar-refractivity contribution in [3.05, 3.63) is 100 Å². The molecule has 0 bridgehead atoms. The number of benzene rings is 3. The molecule has 5 rings (SSSR count). The molecule has 1 aromatic heterocycles. The first-order valence-corrected chi connectivity index (χ1v) is 13.0. The number of rotatable bonds is 7. The molecule has 1 saturated carbocycles. The fourth-order valence-corrected chi connectivity index (χ4v) is 5.89. The van der Waals surface area contributed by atoms with E-state index in [0.29, 0.717) is 27.3 Å². The number of carbonyl (C=O) groups is 2. The highest BCUT2D eigenvalue weighted by Crippen LogP contribution is 2.39. The van der Waals surface area contributed by atoms with Gasteiger partial charge in [0, 0.05) is 17.3 Å². The van der Waals surface area contributed by atoms with E-state index in [4.69, 9.17) is 4.98 Å². The monoisotopic (exact) mass is 497 g/mol. The quantitative estimate of drug-likeness (QED) is 0.187. The Bertz CT molecular complexity index is 1480. The number of amides is 1. The van der Waals surface area contributed by atoms with Crippen LogP contribution in [0.25, 0.3) is 10.9 Å². The van der Waals surface area contributed by atoms with Gasteiger partial charge in [0.1, 0.15) is 5.25 Å². The number of fused-ring (bicyclic) bond motifs is 1. The molecule has 7 heteroatoms. The van der Waals surface area contributed by atoms with Gasteiger partial charge < -0.3 is 5.32 Å². The van der Waals surface area contributed by atoms with Gasteiger partial charge in [-0.25, -0.2) is 4.98 Å². The Hall–Kier alpha value is -3.71. The third-order valence-corrected chi connectivity index (χ3v) is 7.79.